The first kappa shape index (κ1) is 14.8. The number of aryl methyl sites for hydroxylation is 2. The smallest absolute Gasteiger partial charge is 0.251 e. The van der Waals surface area contributed by atoms with Crippen LogP contribution < -0.4 is 5.32 Å². The third-order valence-corrected chi connectivity index (χ3v) is 3.89. The van der Waals surface area contributed by atoms with Crippen molar-refractivity contribution in [1.29, 1.82) is 0 Å². The number of nitrogens with one attached hydrogen (secondary N) is 1. The first-order chi connectivity index (χ1) is 9.51. The molecular weight excluding hydrogens is 369 g/mol. The van der Waals surface area contributed by atoms with Crippen LogP contribution in [0.2, 0.25) is 0 Å². The van der Waals surface area contributed by atoms with E-state index >= 15 is 0 Å². The number of carbonyl (C=O) groups is 1. The number of benzene rings is 1. The number of amides is 1. The van der Waals surface area contributed by atoms with E-state index in [-0.39, 0.29) is 11.7 Å². The molecule has 1 heterocycles. The zero-order valence-corrected chi connectivity index (χ0v) is 13.5. The van der Waals surface area contributed by atoms with Crippen molar-refractivity contribution in [3.63, 3.8) is 0 Å². The molecule has 0 aliphatic carbocycles. The number of hydrogen-bond acceptors (Lipinski definition) is 3. The number of phenols is 1. The van der Waals surface area contributed by atoms with Crippen LogP contribution in [0.15, 0.2) is 24.4 Å². The Balaban J connectivity index is 2.06. The van der Waals surface area contributed by atoms with Crippen molar-refractivity contribution < 1.29 is 9.90 Å². The van der Waals surface area contributed by atoms with Crippen molar-refractivity contribution in [2.75, 3.05) is 0 Å². The van der Waals surface area contributed by atoms with Gasteiger partial charge in [-0.25, -0.2) is 0 Å². The molecule has 0 saturated heterocycles. The summed E-state index contributed by atoms with van der Waals surface area (Å²) < 4.78 is 2.47. The van der Waals surface area contributed by atoms with E-state index in [1.807, 2.05) is 42.8 Å². The Kier molecular flexibility index (Phi) is 4.64. The van der Waals surface area contributed by atoms with Crippen LogP contribution in [0.3, 0.4) is 0 Å². The fraction of sp³-hybridized carbons (Fsp3) is 0.286. The highest BCUT2D eigenvalue weighted by Crippen LogP contribution is 2.20. The molecule has 1 aromatic heterocycles. The van der Waals surface area contributed by atoms with Gasteiger partial charge in [-0.05, 0) is 47.2 Å². The number of hydrogen-bond donors (Lipinski definition) is 2. The van der Waals surface area contributed by atoms with E-state index in [0.29, 0.717) is 12.1 Å². The van der Waals surface area contributed by atoms with Crippen LogP contribution >= 0.6 is 22.6 Å². The van der Waals surface area contributed by atoms with Gasteiger partial charge >= 0.3 is 0 Å². The molecule has 0 radical (unpaired) electrons. The standard InChI is InChI=1S/C14H16IN3O2/c1-3-12-10(8-18(2)17-12)7-16-14(20)9-4-5-11(15)13(19)6-9/h4-6,8,19H,3,7H2,1-2H3,(H,16,20). The Morgan fingerprint density at radius 2 is 2.25 bits per heavy atom. The summed E-state index contributed by atoms with van der Waals surface area (Å²) in [5.74, 6) is -0.0866. The van der Waals surface area contributed by atoms with Gasteiger partial charge in [0.15, 0.2) is 0 Å². The van der Waals surface area contributed by atoms with Gasteiger partial charge in [-0.1, -0.05) is 6.92 Å². The van der Waals surface area contributed by atoms with Gasteiger partial charge in [0.1, 0.15) is 5.75 Å². The molecule has 0 aliphatic heterocycles. The third kappa shape index (κ3) is 3.30. The Morgan fingerprint density at radius 1 is 1.50 bits per heavy atom. The average molecular weight is 385 g/mol. The lowest BCUT2D eigenvalue weighted by Gasteiger charge is -2.06. The molecule has 1 aromatic carbocycles. The van der Waals surface area contributed by atoms with Crippen LogP contribution in [-0.4, -0.2) is 20.8 Å². The normalized spacial score (nSPS) is 10.6. The van der Waals surface area contributed by atoms with Crippen molar-refractivity contribution in [1.82, 2.24) is 15.1 Å². The molecule has 0 saturated carbocycles. The van der Waals surface area contributed by atoms with Crippen molar-refractivity contribution in [2.45, 2.75) is 19.9 Å². The fourth-order valence-electron chi connectivity index (χ4n) is 1.96. The first-order valence-electron chi connectivity index (χ1n) is 6.29. The SMILES string of the molecule is CCc1nn(C)cc1CNC(=O)c1ccc(I)c(O)c1. The summed E-state index contributed by atoms with van der Waals surface area (Å²) in [6.07, 6.45) is 2.74. The minimum atomic E-state index is -0.206. The van der Waals surface area contributed by atoms with E-state index in [4.69, 9.17) is 0 Å². The van der Waals surface area contributed by atoms with Crippen LogP contribution in [0, 0.1) is 3.57 Å². The molecule has 1 amide bonds. The lowest BCUT2D eigenvalue weighted by atomic mass is 10.2. The van der Waals surface area contributed by atoms with Gasteiger partial charge < -0.3 is 10.4 Å². The molecule has 6 heteroatoms. The maximum absolute atomic E-state index is 12.0. The lowest BCUT2D eigenvalue weighted by molar-refractivity contribution is 0.0950. The predicted octanol–water partition coefficient (Wildman–Crippen LogP) is 2.22. The van der Waals surface area contributed by atoms with Crippen LogP contribution in [0.1, 0.15) is 28.5 Å². The molecule has 0 spiro atoms. The second-order valence-electron chi connectivity index (χ2n) is 4.48. The van der Waals surface area contributed by atoms with Gasteiger partial charge in [0.2, 0.25) is 0 Å². The molecule has 106 valence electrons. The zero-order chi connectivity index (χ0) is 14.7. The van der Waals surface area contributed by atoms with Gasteiger partial charge in [-0.3, -0.25) is 9.48 Å². The lowest BCUT2D eigenvalue weighted by Crippen LogP contribution is -2.23. The maximum Gasteiger partial charge on any atom is 0.251 e. The largest absolute Gasteiger partial charge is 0.507 e. The average Bonchev–Trinajstić information content (AvgIpc) is 2.79. The van der Waals surface area contributed by atoms with E-state index in [9.17, 15) is 9.90 Å². The molecule has 2 aromatic rings. The summed E-state index contributed by atoms with van der Waals surface area (Å²) in [5.41, 5.74) is 2.45. The molecular formula is C14H16IN3O2. The highest BCUT2D eigenvalue weighted by molar-refractivity contribution is 14.1. The van der Waals surface area contributed by atoms with Crippen LogP contribution in [0.4, 0.5) is 0 Å². The van der Waals surface area contributed by atoms with Gasteiger partial charge in [0, 0.05) is 30.9 Å². The summed E-state index contributed by atoms with van der Waals surface area (Å²) in [6.45, 7) is 2.47. The molecule has 0 aliphatic rings. The molecule has 0 fully saturated rings. The number of aromatic hydroxyl groups is 1. The van der Waals surface area contributed by atoms with Crippen molar-refractivity contribution in [3.05, 3.63) is 44.8 Å². The molecule has 0 bridgehead atoms. The van der Waals surface area contributed by atoms with Crippen LogP contribution in [-0.2, 0) is 20.0 Å². The van der Waals surface area contributed by atoms with E-state index < -0.39 is 0 Å². The molecule has 0 atom stereocenters. The summed E-state index contributed by atoms with van der Waals surface area (Å²) in [6, 6.07) is 4.88. The Morgan fingerprint density at radius 3 is 2.90 bits per heavy atom. The molecule has 20 heavy (non-hydrogen) atoms. The van der Waals surface area contributed by atoms with Crippen molar-refractivity contribution >= 4 is 28.5 Å². The van der Waals surface area contributed by atoms with E-state index in [1.165, 1.54) is 6.07 Å². The van der Waals surface area contributed by atoms with Crippen LogP contribution in [0.25, 0.3) is 0 Å². The minimum absolute atomic E-state index is 0.119. The summed E-state index contributed by atoms with van der Waals surface area (Å²) in [7, 11) is 1.86. The number of carbonyl (C=O) groups excluding carboxylic acids is 1. The fourth-order valence-corrected chi connectivity index (χ4v) is 2.30. The van der Waals surface area contributed by atoms with Gasteiger partial charge in [-0.15, -0.1) is 0 Å². The van der Waals surface area contributed by atoms with E-state index in [1.54, 1.807) is 16.8 Å². The Labute approximate surface area is 131 Å². The third-order valence-electron chi connectivity index (χ3n) is 2.97. The van der Waals surface area contributed by atoms with E-state index in [0.717, 1.165) is 21.2 Å². The van der Waals surface area contributed by atoms with Crippen molar-refractivity contribution in [3.8, 4) is 5.75 Å². The molecule has 2 N–H and O–H groups in total. The van der Waals surface area contributed by atoms with Gasteiger partial charge in [0.25, 0.3) is 5.91 Å². The highest BCUT2D eigenvalue weighted by atomic mass is 127. The summed E-state index contributed by atoms with van der Waals surface area (Å²) >= 11 is 2.01. The second-order valence-corrected chi connectivity index (χ2v) is 5.64. The molecule has 2 rings (SSSR count). The Bertz CT molecular complexity index is 637. The maximum atomic E-state index is 12.0. The Hall–Kier alpha value is -1.57. The number of rotatable bonds is 4. The van der Waals surface area contributed by atoms with E-state index in [2.05, 4.69) is 10.4 Å². The monoisotopic (exact) mass is 385 g/mol. The second kappa shape index (κ2) is 6.25. The topological polar surface area (TPSA) is 67.2 Å². The number of nitrogens with zero attached hydrogens (tertiary/aromatic N) is 2. The summed E-state index contributed by atoms with van der Waals surface area (Å²) in [4.78, 5) is 12.0. The summed E-state index contributed by atoms with van der Waals surface area (Å²) in [5, 5.41) is 16.8. The van der Waals surface area contributed by atoms with Gasteiger partial charge in [-0.2, -0.15) is 5.10 Å². The van der Waals surface area contributed by atoms with Crippen molar-refractivity contribution in [2.24, 2.45) is 7.05 Å². The number of aromatic nitrogens is 2. The zero-order valence-electron chi connectivity index (χ0n) is 11.4. The molecule has 5 nitrogen and oxygen atoms in total. The first-order valence-corrected chi connectivity index (χ1v) is 7.37. The highest BCUT2D eigenvalue weighted by Gasteiger charge is 2.10. The minimum Gasteiger partial charge on any atom is -0.507 e. The predicted molar refractivity (Wildman–Crippen MR) is 84.6 cm³/mol. The molecule has 0 unspecified atom stereocenters. The van der Waals surface area contributed by atoms with Crippen LogP contribution in [0.5, 0.6) is 5.75 Å². The van der Waals surface area contributed by atoms with Gasteiger partial charge in [0.05, 0.1) is 9.26 Å². The quantitative estimate of drug-likeness (QED) is 0.794. The number of phenolic OH excluding ortho intramolecular Hbond substituents is 1. The number of halogens is 1.